The molecular formula is C2H9O12P3. The quantitative estimate of drug-likeness (QED) is 0.340. The van der Waals surface area contributed by atoms with Crippen molar-refractivity contribution in [1.82, 2.24) is 0 Å². The van der Waals surface area contributed by atoms with Gasteiger partial charge < -0.3 is 24.1 Å². The molecule has 0 rings (SSSR count). The Kier molecular flexibility index (Phi) is 7.60. The van der Waals surface area contributed by atoms with Gasteiger partial charge in [0.25, 0.3) is 0 Å². The molecule has 0 aromatic heterocycles. The highest BCUT2D eigenvalue weighted by atomic mass is 31.3. The molecule has 0 aliphatic heterocycles. The molecule has 0 amide bonds. The van der Waals surface area contributed by atoms with Crippen molar-refractivity contribution in [1.29, 1.82) is 0 Å². The Hall–Kier alpha value is -0.120. The van der Waals surface area contributed by atoms with Gasteiger partial charge in [-0.2, -0.15) is 4.31 Å². The molecule has 6 N–H and O–H groups in total. The molecule has 0 radical (unpaired) electrons. The van der Waals surface area contributed by atoms with Crippen LogP contribution in [-0.4, -0.2) is 35.3 Å². The predicted molar refractivity (Wildman–Crippen MR) is 49.0 cm³/mol. The molecule has 0 saturated carbocycles. The van der Waals surface area contributed by atoms with E-state index >= 15 is 0 Å². The van der Waals surface area contributed by atoms with Crippen LogP contribution in [0.1, 0.15) is 6.92 Å². The van der Waals surface area contributed by atoms with Crippen molar-refractivity contribution in [2.24, 2.45) is 0 Å². The Labute approximate surface area is 93.9 Å². The Morgan fingerprint density at radius 1 is 0.824 bits per heavy atom. The van der Waals surface area contributed by atoms with E-state index in [1.54, 1.807) is 0 Å². The largest absolute Gasteiger partial charge is 0.526 e. The summed E-state index contributed by atoms with van der Waals surface area (Å²) in [5, 5.41) is 0. The van der Waals surface area contributed by atoms with Crippen molar-refractivity contribution in [3.05, 3.63) is 0 Å². The van der Waals surface area contributed by atoms with Crippen molar-refractivity contribution in [3.63, 3.8) is 0 Å². The number of carbonyl (C=O) groups excluding carboxylic acids is 1. The normalized spacial score (nSPS) is 12.4. The Bertz CT molecular complexity index is 359. The summed E-state index contributed by atoms with van der Waals surface area (Å²) >= 11 is 0. The third-order valence-electron chi connectivity index (χ3n) is 0.460. The number of phosphoric acid groups is 3. The first-order chi connectivity index (χ1) is 7.12. The van der Waals surface area contributed by atoms with Crippen LogP contribution < -0.4 is 0 Å². The topological polar surface area (TPSA) is 208 Å². The molecule has 12 nitrogen and oxygen atoms in total. The zero-order valence-corrected chi connectivity index (χ0v) is 10.7. The Balaban J connectivity index is 0. The third-order valence-corrected chi connectivity index (χ3v) is 2.66. The third kappa shape index (κ3) is 25.8. The lowest BCUT2D eigenvalue weighted by Crippen LogP contribution is -1.94. The smallest absolute Gasteiger partial charge is 0.371 e. The molecule has 0 aromatic carbocycles. The van der Waals surface area contributed by atoms with E-state index in [1.807, 2.05) is 0 Å². The molecule has 104 valence electrons. The number of phosphoric ester groups is 1. The highest BCUT2D eigenvalue weighted by molar-refractivity contribution is 7.60. The van der Waals surface area contributed by atoms with Gasteiger partial charge in [-0.05, 0) is 0 Å². The number of carbonyl (C=O) groups is 1. The lowest BCUT2D eigenvalue weighted by molar-refractivity contribution is -0.133. The van der Waals surface area contributed by atoms with Gasteiger partial charge >= 0.3 is 29.4 Å². The minimum Gasteiger partial charge on any atom is -0.371 e. The monoisotopic (exact) mass is 318 g/mol. The fourth-order valence-corrected chi connectivity index (χ4v) is 1.75. The molecule has 0 aliphatic carbocycles. The van der Waals surface area contributed by atoms with Crippen LogP contribution in [0.4, 0.5) is 0 Å². The number of rotatable bonds is 3. The Morgan fingerprint density at radius 2 is 1.12 bits per heavy atom. The van der Waals surface area contributed by atoms with Crippen LogP contribution >= 0.6 is 23.5 Å². The minimum atomic E-state index is -5.05. The van der Waals surface area contributed by atoms with Gasteiger partial charge in [-0.15, -0.1) is 0 Å². The van der Waals surface area contributed by atoms with Crippen molar-refractivity contribution >= 4 is 29.4 Å². The fraction of sp³-hybridized carbons (Fsp3) is 0.500. The van der Waals surface area contributed by atoms with Crippen LogP contribution in [0, 0.1) is 0 Å². The molecule has 0 saturated heterocycles. The fourth-order valence-electron chi connectivity index (χ4n) is 0.306. The van der Waals surface area contributed by atoms with Gasteiger partial charge in [0.15, 0.2) is 0 Å². The maximum absolute atomic E-state index is 9.74. The minimum absolute atomic E-state index is 0.916. The van der Waals surface area contributed by atoms with Gasteiger partial charge in [0.1, 0.15) is 0 Å². The van der Waals surface area contributed by atoms with Crippen LogP contribution in [0.25, 0.3) is 0 Å². The SMILES string of the molecule is CC(=O)OP(=O)(O)O.O=P(O)(O)OP(=O)(O)O. The summed E-state index contributed by atoms with van der Waals surface area (Å²) in [5.74, 6) is -0.988. The van der Waals surface area contributed by atoms with Crippen LogP contribution in [-0.2, 0) is 27.3 Å². The summed E-state index contributed by atoms with van der Waals surface area (Å²) in [7, 11) is -14.7. The number of hydrogen-bond donors (Lipinski definition) is 6. The standard InChI is InChI=1S/C2H5O5P.H4O7P2/c1-2(3)7-8(4,5)6;1-8(2,3)7-9(4,5)6/h1H3,(H2,4,5,6);(H2,1,2,3)(H2,4,5,6). The van der Waals surface area contributed by atoms with Crippen molar-refractivity contribution in [2.75, 3.05) is 0 Å². The van der Waals surface area contributed by atoms with Crippen LogP contribution in [0.3, 0.4) is 0 Å². The van der Waals surface area contributed by atoms with E-state index in [0.29, 0.717) is 0 Å². The maximum Gasteiger partial charge on any atom is 0.526 e. The summed E-state index contributed by atoms with van der Waals surface area (Å²) in [6.07, 6.45) is 0. The van der Waals surface area contributed by atoms with Gasteiger partial charge in [0.2, 0.25) is 0 Å². The Morgan fingerprint density at radius 3 is 1.12 bits per heavy atom. The second-order valence-corrected chi connectivity index (χ2v) is 5.92. The van der Waals surface area contributed by atoms with Gasteiger partial charge in [-0.25, -0.2) is 13.7 Å². The second kappa shape index (κ2) is 6.72. The highest BCUT2D eigenvalue weighted by Gasteiger charge is 2.27. The molecule has 0 spiro atoms. The van der Waals surface area contributed by atoms with E-state index < -0.39 is 29.4 Å². The van der Waals surface area contributed by atoms with Crippen LogP contribution in [0.5, 0.6) is 0 Å². The molecule has 0 bridgehead atoms. The van der Waals surface area contributed by atoms with Crippen molar-refractivity contribution in [2.45, 2.75) is 6.92 Å². The van der Waals surface area contributed by atoms with E-state index in [9.17, 15) is 18.5 Å². The van der Waals surface area contributed by atoms with Crippen LogP contribution in [0.2, 0.25) is 0 Å². The maximum atomic E-state index is 9.74. The van der Waals surface area contributed by atoms with Gasteiger partial charge in [0.05, 0.1) is 0 Å². The molecule has 0 atom stereocenters. The summed E-state index contributed by atoms with van der Waals surface area (Å²) < 4.78 is 35.4. The van der Waals surface area contributed by atoms with Crippen molar-refractivity contribution < 1.29 is 56.7 Å². The summed E-state index contributed by atoms with van der Waals surface area (Å²) in [6, 6.07) is 0. The first kappa shape index (κ1) is 19.2. The molecular weight excluding hydrogens is 309 g/mol. The van der Waals surface area contributed by atoms with E-state index in [1.165, 1.54) is 0 Å². The first-order valence-corrected chi connectivity index (χ1v) is 7.79. The molecule has 0 unspecified atom stereocenters. The lowest BCUT2D eigenvalue weighted by atomic mass is 10.9. The van der Waals surface area contributed by atoms with Gasteiger partial charge in [0, 0.05) is 6.92 Å². The van der Waals surface area contributed by atoms with Crippen LogP contribution in [0.15, 0.2) is 0 Å². The lowest BCUT2D eigenvalue weighted by Gasteiger charge is -2.03. The zero-order valence-electron chi connectivity index (χ0n) is 7.97. The summed E-state index contributed by atoms with van der Waals surface area (Å²) in [4.78, 5) is 56.5. The van der Waals surface area contributed by atoms with E-state index in [4.69, 9.17) is 29.4 Å². The predicted octanol–water partition coefficient (Wildman–Crippen LogP) is -1.17. The second-order valence-electron chi connectivity index (χ2n) is 2.14. The molecule has 17 heavy (non-hydrogen) atoms. The highest BCUT2D eigenvalue weighted by Crippen LogP contribution is 2.53. The zero-order chi connectivity index (χ0) is 14.5. The van der Waals surface area contributed by atoms with E-state index in [-0.39, 0.29) is 0 Å². The van der Waals surface area contributed by atoms with E-state index in [2.05, 4.69) is 8.83 Å². The number of hydrogen-bond acceptors (Lipinski definition) is 6. The van der Waals surface area contributed by atoms with Gasteiger partial charge in [-0.1, -0.05) is 0 Å². The summed E-state index contributed by atoms with van der Waals surface area (Å²) in [6.45, 7) is 0.916. The average Bonchev–Trinajstić information content (AvgIpc) is 1.68. The van der Waals surface area contributed by atoms with E-state index in [0.717, 1.165) is 6.92 Å². The molecule has 0 fully saturated rings. The first-order valence-electron chi connectivity index (χ1n) is 3.20. The molecule has 0 aromatic rings. The van der Waals surface area contributed by atoms with Gasteiger partial charge in [-0.3, -0.25) is 14.6 Å². The molecule has 15 heteroatoms. The summed E-state index contributed by atoms with van der Waals surface area (Å²) in [5.41, 5.74) is 0. The molecule has 0 aliphatic rings. The molecule has 0 heterocycles. The average molecular weight is 318 g/mol. The van der Waals surface area contributed by atoms with Crippen molar-refractivity contribution in [3.8, 4) is 0 Å².